The van der Waals surface area contributed by atoms with Gasteiger partial charge in [0.2, 0.25) is 11.8 Å². The van der Waals surface area contributed by atoms with Gasteiger partial charge in [0.05, 0.1) is 5.75 Å². The van der Waals surface area contributed by atoms with Gasteiger partial charge >= 0.3 is 0 Å². The first-order valence-corrected chi connectivity index (χ1v) is 12.4. The van der Waals surface area contributed by atoms with E-state index in [0.29, 0.717) is 24.5 Å². The Morgan fingerprint density at radius 1 is 0.970 bits per heavy atom. The number of nitrogens with zero attached hydrogens (tertiary/aromatic N) is 1. The van der Waals surface area contributed by atoms with Gasteiger partial charge in [-0.3, -0.25) is 9.59 Å². The van der Waals surface area contributed by atoms with Crippen molar-refractivity contribution < 1.29 is 9.59 Å². The van der Waals surface area contributed by atoms with Crippen LogP contribution in [0.15, 0.2) is 83.8 Å². The van der Waals surface area contributed by atoms with Crippen LogP contribution in [0.25, 0.3) is 0 Å². The Morgan fingerprint density at radius 3 is 2.33 bits per heavy atom. The van der Waals surface area contributed by atoms with Crippen molar-refractivity contribution in [1.29, 1.82) is 0 Å². The van der Waals surface area contributed by atoms with Gasteiger partial charge < -0.3 is 10.2 Å². The zero-order valence-corrected chi connectivity index (χ0v) is 20.5. The van der Waals surface area contributed by atoms with Crippen molar-refractivity contribution in [3.05, 3.63) is 101 Å². The predicted molar refractivity (Wildman–Crippen MR) is 137 cm³/mol. The first-order chi connectivity index (χ1) is 16.0. The van der Waals surface area contributed by atoms with Crippen molar-refractivity contribution in [1.82, 2.24) is 10.2 Å². The maximum atomic E-state index is 13.5. The summed E-state index contributed by atoms with van der Waals surface area (Å²) in [6.45, 7) is 4.73. The number of carbonyl (C=O) groups excluding carboxylic acids is 2. The minimum absolute atomic E-state index is 0.0901. The summed E-state index contributed by atoms with van der Waals surface area (Å²) in [5, 5.41) is 3.52. The van der Waals surface area contributed by atoms with Crippen LogP contribution in [0.1, 0.15) is 23.6 Å². The summed E-state index contributed by atoms with van der Waals surface area (Å²) < 4.78 is 0. The number of likely N-dealkylation sites (N-methyl/N-ethyl adjacent to an activating group) is 1. The van der Waals surface area contributed by atoms with Crippen LogP contribution in [0.3, 0.4) is 0 Å². The molecule has 0 aliphatic rings. The molecule has 3 aromatic rings. The fraction of sp³-hybridized carbons (Fsp3) is 0.259. The molecule has 1 N–H and O–H groups in total. The van der Waals surface area contributed by atoms with Gasteiger partial charge in [0.1, 0.15) is 6.04 Å². The first kappa shape index (κ1) is 24.9. The molecule has 3 rings (SSSR count). The Kier molecular flexibility index (Phi) is 9.40. The molecule has 1 atom stereocenters. The number of hydrogen-bond donors (Lipinski definition) is 1. The van der Waals surface area contributed by atoms with Crippen molar-refractivity contribution in [2.45, 2.75) is 37.8 Å². The van der Waals surface area contributed by atoms with E-state index in [0.717, 1.165) is 16.0 Å². The maximum absolute atomic E-state index is 13.5. The topological polar surface area (TPSA) is 49.4 Å². The highest BCUT2D eigenvalue weighted by Gasteiger charge is 2.30. The van der Waals surface area contributed by atoms with Gasteiger partial charge in [0, 0.05) is 29.4 Å². The number of nitrogens with one attached hydrogen (secondary N) is 1. The van der Waals surface area contributed by atoms with E-state index in [4.69, 9.17) is 11.6 Å². The van der Waals surface area contributed by atoms with Crippen LogP contribution in [0.4, 0.5) is 0 Å². The summed E-state index contributed by atoms with van der Waals surface area (Å²) in [5.41, 5.74) is 3.06. The molecule has 33 heavy (non-hydrogen) atoms. The van der Waals surface area contributed by atoms with Gasteiger partial charge in [-0.25, -0.2) is 0 Å². The van der Waals surface area contributed by atoms with Crippen molar-refractivity contribution in [2.24, 2.45) is 0 Å². The molecule has 0 bridgehead atoms. The van der Waals surface area contributed by atoms with Crippen LogP contribution in [-0.4, -0.2) is 35.1 Å². The molecule has 0 saturated heterocycles. The van der Waals surface area contributed by atoms with Gasteiger partial charge in [-0.2, -0.15) is 0 Å². The average Bonchev–Trinajstić information content (AvgIpc) is 2.81. The molecule has 0 aromatic heterocycles. The van der Waals surface area contributed by atoms with Crippen LogP contribution in [0.2, 0.25) is 5.02 Å². The van der Waals surface area contributed by atoms with Gasteiger partial charge in [0.25, 0.3) is 0 Å². The third kappa shape index (κ3) is 7.65. The van der Waals surface area contributed by atoms with Crippen LogP contribution < -0.4 is 5.32 Å². The molecular weight excluding hydrogens is 452 g/mol. The minimum Gasteiger partial charge on any atom is -0.355 e. The lowest BCUT2D eigenvalue weighted by molar-refractivity contribution is -0.139. The lowest BCUT2D eigenvalue weighted by Gasteiger charge is -2.31. The third-order valence-electron chi connectivity index (χ3n) is 5.25. The second-order valence-electron chi connectivity index (χ2n) is 7.85. The lowest BCUT2D eigenvalue weighted by atomic mass is 10.0. The molecule has 172 valence electrons. The summed E-state index contributed by atoms with van der Waals surface area (Å²) in [4.78, 5) is 29.3. The number of amides is 2. The van der Waals surface area contributed by atoms with Gasteiger partial charge in [-0.1, -0.05) is 71.8 Å². The second-order valence-corrected chi connectivity index (χ2v) is 9.34. The summed E-state index contributed by atoms with van der Waals surface area (Å²) in [5.74, 6) is -0.00119. The number of rotatable bonds is 10. The van der Waals surface area contributed by atoms with Crippen molar-refractivity contribution >= 4 is 35.2 Å². The van der Waals surface area contributed by atoms with E-state index in [1.807, 2.05) is 86.6 Å². The summed E-state index contributed by atoms with van der Waals surface area (Å²) in [6.07, 6.45) is 0.439. The van der Waals surface area contributed by atoms with E-state index in [-0.39, 0.29) is 17.6 Å². The molecule has 2 amide bonds. The van der Waals surface area contributed by atoms with Crippen LogP contribution in [-0.2, 0) is 22.6 Å². The van der Waals surface area contributed by atoms with E-state index in [1.54, 1.807) is 11.0 Å². The molecular formula is C27H29ClN2O2S. The molecule has 3 aromatic carbocycles. The van der Waals surface area contributed by atoms with E-state index in [2.05, 4.69) is 5.32 Å². The Morgan fingerprint density at radius 2 is 1.67 bits per heavy atom. The largest absolute Gasteiger partial charge is 0.355 e. The monoisotopic (exact) mass is 480 g/mol. The highest BCUT2D eigenvalue weighted by atomic mass is 35.5. The number of hydrogen-bond acceptors (Lipinski definition) is 3. The molecule has 0 spiro atoms. The number of halogens is 1. The van der Waals surface area contributed by atoms with Gasteiger partial charge in [0.15, 0.2) is 0 Å². The molecule has 0 fully saturated rings. The zero-order chi connectivity index (χ0) is 23.6. The van der Waals surface area contributed by atoms with E-state index in [1.165, 1.54) is 17.3 Å². The fourth-order valence-corrected chi connectivity index (χ4v) is 4.54. The first-order valence-electron chi connectivity index (χ1n) is 11.0. The quantitative estimate of drug-likeness (QED) is 0.389. The number of thioether (sulfide) groups is 1. The van der Waals surface area contributed by atoms with Crippen LogP contribution in [0.5, 0.6) is 0 Å². The highest BCUT2D eigenvalue weighted by molar-refractivity contribution is 8.00. The van der Waals surface area contributed by atoms with Gasteiger partial charge in [-0.05, 0) is 49.2 Å². The number of benzene rings is 3. The minimum atomic E-state index is -0.627. The molecule has 0 unspecified atom stereocenters. The molecule has 0 radical (unpaired) electrons. The van der Waals surface area contributed by atoms with Crippen LogP contribution >= 0.6 is 23.4 Å². The maximum Gasteiger partial charge on any atom is 0.243 e. The Labute approximate surface area is 205 Å². The van der Waals surface area contributed by atoms with Crippen molar-refractivity contribution in [3.8, 4) is 0 Å². The molecule has 0 aliphatic heterocycles. The Hall–Kier alpha value is -2.76. The molecule has 0 heterocycles. The number of carbonyl (C=O) groups is 2. The number of aryl methyl sites for hydroxylation is 1. The average molecular weight is 481 g/mol. The fourth-order valence-electron chi connectivity index (χ4n) is 3.54. The van der Waals surface area contributed by atoms with E-state index >= 15 is 0 Å². The SMILES string of the molecule is CCNC(=O)[C@@H](Cc1ccccc1)N(Cc1cccc(Cl)c1)C(=O)CSc1ccc(C)cc1. The standard InChI is InChI=1S/C27H29ClN2O2S/c1-3-29-27(32)25(17-21-8-5-4-6-9-21)30(18-22-10-7-11-23(28)16-22)26(31)19-33-24-14-12-20(2)13-15-24/h4-16,25H,3,17-19H2,1-2H3,(H,29,32)/t25-/m1/s1. The summed E-state index contributed by atoms with van der Waals surface area (Å²) in [6, 6.07) is 24.7. The highest BCUT2D eigenvalue weighted by Crippen LogP contribution is 2.22. The zero-order valence-electron chi connectivity index (χ0n) is 19.0. The molecule has 0 saturated carbocycles. The Balaban J connectivity index is 1.88. The molecule has 6 heteroatoms. The summed E-state index contributed by atoms with van der Waals surface area (Å²) >= 11 is 7.68. The third-order valence-corrected chi connectivity index (χ3v) is 6.48. The van der Waals surface area contributed by atoms with Gasteiger partial charge in [-0.15, -0.1) is 11.8 Å². The second kappa shape index (κ2) is 12.5. The summed E-state index contributed by atoms with van der Waals surface area (Å²) in [7, 11) is 0. The van der Waals surface area contributed by atoms with Crippen molar-refractivity contribution in [3.63, 3.8) is 0 Å². The molecule has 0 aliphatic carbocycles. The predicted octanol–water partition coefficient (Wildman–Crippen LogP) is 5.52. The smallest absolute Gasteiger partial charge is 0.243 e. The normalized spacial score (nSPS) is 11.6. The van der Waals surface area contributed by atoms with Crippen LogP contribution in [0, 0.1) is 6.92 Å². The van der Waals surface area contributed by atoms with E-state index < -0.39 is 6.04 Å². The molecule has 4 nitrogen and oxygen atoms in total. The van der Waals surface area contributed by atoms with Crippen molar-refractivity contribution in [2.75, 3.05) is 12.3 Å². The Bertz CT molecular complexity index is 1060. The van der Waals surface area contributed by atoms with E-state index in [9.17, 15) is 9.59 Å². The lowest BCUT2D eigenvalue weighted by Crippen LogP contribution is -2.51.